The normalized spacial score (nSPS) is 7.82. The molecular formula is C8H5N3. The molecule has 1 N–H and O–H groups in total. The van der Waals surface area contributed by atoms with Crippen LogP contribution in [0.5, 0.6) is 0 Å². The lowest BCUT2D eigenvalue weighted by atomic mass is 10.2. The minimum atomic E-state index is 0.547. The zero-order chi connectivity index (χ0) is 8.10. The largest absolute Gasteiger partial charge is 0.293 e. The van der Waals surface area contributed by atoms with E-state index in [1.54, 1.807) is 30.5 Å². The Hall–Kier alpha value is -2.00. The van der Waals surface area contributed by atoms with Crippen LogP contribution in [-0.2, 0) is 0 Å². The van der Waals surface area contributed by atoms with Gasteiger partial charge in [-0.1, -0.05) is 6.07 Å². The van der Waals surface area contributed by atoms with E-state index in [4.69, 9.17) is 10.5 Å². The zero-order valence-electron chi connectivity index (χ0n) is 5.70. The average Bonchev–Trinajstić information content (AvgIpc) is 2.06. The highest BCUT2D eigenvalue weighted by Gasteiger charge is 1.91. The molecule has 3 heteroatoms. The van der Waals surface area contributed by atoms with Crippen molar-refractivity contribution in [3.05, 3.63) is 29.8 Å². The van der Waals surface area contributed by atoms with E-state index in [2.05, 4.69) is 5.32 Å². The Balaban J connectivity index is 2.96. The van der Waals surface area contributed by atoms with Crippen LogP contribution >= 0.6 is 0 Å². The van der Waals surface area contributed by atoms with Crippen LogP contribution in [0, 0.1) is 22.8 Å². The molecule has 0 aliphatic heterocycles. The fraction of sp³-hybridized carbons (Fsp3) is 0. The Morgan fingerprint density at radius 1 is 1.27 bits per heavy atom. The van der Waals surface area contributed by atoms with Crippen LogP contribution in [0.2, 0.25) is 0 Å². The summed E-state index contributed by atoms with van der Waals surface area (Å²) in [6, 6.07) is 8.72. The summed E-state index contributed by atoms with van der Waals surface area (Å²) in [6.45, 7) is 0. The molecule has 0 heterocycles. The lowest BCUT2D eigenvalue weighted by Crippen LogP contribution is -1.86. The molecule has 0 bridgehead atoms. The zero-order valence-corrected chi connectivity index (χ0v) is 5.70. The number of rotatable bonds is 1. The molecule has 0 radical (unpaired) electrons. The van der Waals surface area contributed by atoms with Crippen LogP contribution in [0.15, 0.2) is 24.3 Å². The minimum Gasteiger partial charge on any atom is -0.293 e. The second kappa shape index (κ2) is 3.24. The van der Waals surface area contributed by atoms with Crippen molar-refractivity contribution in [2.75, 3.05) is 5.32 Å². The molecule has 3 nitrogen and oxygen atoms in total. The second-order valence-electron chi connectivity index (χ2n) is 1.93. The van der Waals surface area contributed by atoms with Gasteiger partial charge in [-0.15, -0.1) is 0 Å². The first-order valence-corrected chi connectivity index (χ1v) is 3.02. The Morgan fingerprint density at radius 2 is 2.09 bits per heavy atom. The van der Waals surface area contributed by atoms with E-state index in [0.29, 0.717) is 11.3 Å². The van der Waals surface area contributed by atoms with Gasteiger partial charge in [0.25, 0.3) is 0 Å². The van der Waals surface area contributed by atoms with Crippen LogP contribution in [0.4, 0.5) is 5.69 Å². The third kappa shape index (κ3) is 1.70. The highest BCUT2D eigenvalue weighted by Crippen LogP contribution is 2.08. The van der Waals surface area contributed by atoms with Crippen molar-refractivity contribution < 1.29 is 0 Å². The molecule has 11 heavy (non-hydrogen) atoms. The topological polar surface area (TPSA) is 59.6 Å². The lowest BCUT2D eigenvalue weighted by molar-refractivity contribution is 1.45. The molecule has 1 aromatic carbocycles. The van der Waals surface area contributed by atoms with Crippen molar-refractivity contribution in [2.24, 2.45) is 0 Å². The quantitative estimate of drug-likeness (QED) is 0.478. The summed E-state index contributed by atoms with van der Waals surface area (Å²) in [5.74, 6) is 0. The molecule has 0 unspecified atom stereocenters. The summed E-state index contributed by atoms with van der Waals surface area (Å²) in [6.07, 6.45) is 1.78. The highest BCUT2D eigenvalue weighted by molar-refractivity contribution is 5.51. The standard InChI is InChI=1S/C8H5N3/c9-5-7-2-1-3-8(4-7)11-6-10/h1-4,11H. The summed E-state index contributed by atoms with van der Waals surface area (Å²) in [4.78, 5) is 0. The molecule has 0 spiro atoms. The van der Waals surface area contributed by atoms with Crippen molar-refractivity contribution in [1.29, 1.82) is 10.5 Å². The Labute approximate surface area is 64.5 Å². The van der Waals surface area contributed by atoms with Gasteiger partial charge >= 0.3 is 0 Å². The fourth-order valence-corrected chi connectivity index (χ4v) is 0.731. The number of anilines is 1. The van der Waals surface area contributed by atoms with Crippen LogP contribution in [0.1, 0.15) is 5.56 Å². The maximum Gasteiger partial charge on any atom is 0.181 e. The van der Waals surface area contributed by atoms with Crippen molar-refractivity contribution in [2.45, 2.75) is 0 Å². The van der Waals surface area contributed by atoms with E-state index in [-0.39, 0.29) is 0 Å². The van der Waals surface area contributed by atoms with Gasteiger partial charge in [0.2, 0.25) is 0 Å². The summed E-state index contributed by atoms with van der Waals surface area (Å²) >= 11 is 0. The van der Waals surface area contributed by atoms with Gasteiger partial charge in [0, 0.05) is 5.69 Å². The van der Waals surface area contributed by atoms with Gasteiger partial charge in [0.05, 0.1) is 11.6 Å². The molecule has 0 atom stereocenters. The molecule has 52 valence electrons. The summed E-state index contributed by atoms with van der Waals surface area (Å²) in [5, 5.41) is 19.1. The molecule has 0 saturated heterocycles. The van der Waals surface area contributed by atoms with Gasteiger partial charge < -0.3 is 0 Å². The average molecular weight is 143 g/mol. The number of hydrogen-bond donors (Lipinski definition) is 1. The van der Waals surface area contributed by atoms with Crippen molar-refractivity contribution in [3.8, 4) is 12.3 Å². The molecule has 1 rings (SSSR count). The van der Waals surface area contributed by atoms with Gasteiger partial charge in [-0.05, 0) is 18.2 Å². The summed E-state index contributed by atoms with van der Waals surface area (Å²) < 4.78 is 0. The van der Waals surface area contributed by atoms with Gasteiger partial charge in [0.1, 0.15) is 0 Å². The van der Waals surface area contributed by atoms with E-state index in [1.807, 2.05) is 6.07 Å². The van der Waals surface area contributed by atoms with E-state index >= 15 is 0 Å². The predicted molar refractivity (Wildman–Crippen MR) is 40.4 cm³/mol. The third-order valence-electron chi connectivity index (χ3n) is 1.19. The first-order valence-electron chi connectivity index (χ1n) is 3.02. The van der Waals surface area contributed by atoms with Crippen molar-refractivity contribution in [3.63, 3.8) is 0 Å². The third-order valence-corrected chi connectivity index (χ3v) is 1.19. The SMILES string of the molecule is N#CNc1cccc(C#N)c1. The number of hydrogen-bond acceptors (Lipinski definition) is 3. The number of nitrogens with zero attached hydrogens (tertiary/aromatic N) is 2. The predicted octanol–water partition coefficient (Wildman–Crippen LogP) is 1.45. The second-order valence-corrected chi connectivity index (χ2v) is 1.93. The van der Waals surface area contributed by atoms with Crippen LogP contribution in [-0.4, -0.2) is 0 Å². The smallest absolute Gasteiger partial charge is 0.181 e. The maximum absolute atomic E-state index is 8.47. The highest BCUT2D eigenvalue weighted by atomic mass is 14.9. The monoisotopic (exact) mass is 143 g/mol. The molecule has 1 aromatic rings. The molecule has 0 saturated carbocycles. The lowest BCUT2D eigenvalue weighted by Gasteiger charge is -1.94. The first-order chi connectivity index (χ1) is 5.36. The molecule has 0 aromatic heterocycles. The van der Waals surface area contributed by atoms with Gasteiger partial charge in [0.15, 0.2) is 6.19 Å². The molecule has 0 fully saturated rings. The molecule has 0 amide bonds. The Morgan fingerprint density at radius 3 is 2.73 bits per heavy atom. The van der Waals surface area contributed by atoms with Gasteiger partial charge in [-0.25, -0.2) is 0 Å². The Bertz CT molecular complexity index is 330. The first kappa shape index (κ1) is 7.11. The van der Waals surface area contributed by atoms with E-state index in [9.17, 15) is 0 Å². The van der Waals surface area contributed by atoms with Crippen LogP contribution < -0.4 is 5.32 Å². The van der Waals surface area contributed by atoms with Gasteiger partial charge in [-0.2, -0.15) is 10.5 Å². The van der Waals surface area contributed by atoms with Gasteiger partial charge in [-0.3, -0.25) is 5.32 Å². The van der Waals surface area contributed by atoms with E-state index in [0.717, 1.165) is 0 Å². The van der Waals surface area contributed by atoms with Crippen LogP contribution in [0.3, 0.4) is 0 Å². The number of nitriles is 2. The molecule has 0 aliphatic carbocycles. The summed E-state index contributed by atoms with van der Waals surface area (Å²) in [5.41, 5.74) is 1.19. The summed E-state index contributed by atoms with van der Waals surface area (Å²) in [7, 11) is 0. The maximum atomic E-state index is 8.47. The number of benzene rings is 1. The number of nitrogens with one attached hydrogen (secondary N) is 1. The van der Waals surface area contributed by atoms with E-state index < -0.39 is 0 Å². The minimum absolute atomic E-state index is 0.547. The Kier molecular flexibility index (Phi) is 2.09. The van der Waals surface area contributed by atoms with Crippen molar-refractivity contribution >= 4 is 5.69 Å². The molecule has 0 aliphatic rings. The molecular weight excluding hydrogens is 138 g/mol. The fourth-order valence-electron chi connectivity index (χ4n) is 0.731. The van der Waals surface area contributed by atoms with Crippen LogP contribution in [0.25, 0.3) is 0 Å². The van der Waals surface area contributed by atoms with Crippen molar-refractivity contribution in [1.82, 2.24) is 0 Å². The van der Waals surface area contributed by atoms with E-state index in [1.165, 1.54) is 0 Å².